The normalized spacial score (nSPS) is 19.2. The number of halogens is 1. The van der Waals surface area contributed by atoms with Crippen LogP contribution < -0.4 is 10.1 Å². The minimum absolute atomic E-state index is 0.332. The fraction of sp³-hybridized carbons (Fsp3) is 0.0909. The van der Waals surface area contributed by atoms with Crippen LogP contribution in [-0.4, -0.2) is 25.2 Å². The molecular formula is C22H15FN6O. The smallest absolute Gasteiger partial charge is 0.248 e. The molecule has 2 aromatic heterocycles. The van der Waals surface area contributed by atoms with E-state index in [2.05, 4.69) is 25.8 Å². The summed E-state index contributed by atoms with van der Waals surface area (Å²) in [7, 11) is 0. The van der Waals surface area contributed by atoms with Crippen molar-refractivity contribution in [1.82, 2.24) is 25.2 Å². The molecule has 6 rings (SSSR count). The van der Waals surface area contributed by atoms with Crippen LogP contribution in [0.15, 0.2) is 78.6 Å². The van der Waals surface area contributed by atoms with Crippen molar-refractivity contribution in [1.29, 1.82) is 0 Å². The largest absolute Gasteiger partial charge is 0.480 e. The lowest BCUT2D eigenvalue weighted by Gasteiger charge is -2.38. The molecule has 4 aromatic rings. The number of para-hydroxylation sites is 1. The zero-order valence-electron chi connectivity index (χ0n) is 15.6. The van der Waals surface area contributed by atoms with E-state index in [1.165, 1.54) is 6.07 Å². The number of tetrazole rings is 1. The van der Waals surface area contributed by atoms with Crippen molar-refractivity contribution in [3.05, 3.63) is 101 Å². The van der Waals surface area contributed by atoms with Crippen LogP contribution in [-0.2, 0) is 0 Å². The Labute approximate surface area is 170 Å². The Kier molecular flexibility index (Phi) is 3.64. The van der Waals surface area contributed by atoms with Crippen LogP contribution in [0.5, 0.6) is 5.75 Å². The van der Waals surface area contributed by atoms with Gasteiger partial charge in [0.1, 0.15) is 17.6 Å². The minimum atomic E-state index is -0.661. The van der Waals surface area contributed by atoms with Crippen LogP contribution in [0.3, 0.4) is 0 Å². The molecule has 30 heavy (non-hydrogen) atoms. The molecular weight excluding hydrogens is 383 g/mol. The van der Waals surface area contributed by atoms with Crippen molar-refractivity contribution in [3.8, 4) is 5.75 Å². The number of nitrogens with zero attached hydrogens (tertiary/aromatic N) is 5. The van der Waals surface area contributed by atoms with Gasteiger partial charge >= 0.3 is 0 Å². The summed E-state index contributed by atoms with van der Waals surface area (Å²) >= 11 is 0. The van der Waals surface area contributed by atoms with Gasteiger partial charge in [0.25, 0.3) is 0 Å². The predicted molar refractivity (Wildman–Crippen MR) is 107 cm³/mol. The zero-order valence-corrected chi connectivity index (χ0v) is 15.6. The van der Waals surface area contributed by atoms with Crippen molar-refractivity contribution in [2.75, 3.05) is 5.32 Å². The van der Waals surface area contributed by atoms with Gasteiger partial charge in [0.05, 0.1) is 5.70 Å². The molecule has 146 valence electrons. The molecule has 1 N–H and O–H groups in total. The van der Waals surface area contributed by atoms with Crippen molar-refractivity contribution in [2.45, 2.75) is 12.1 Å². The van der Waals surface area contributed by atoms with Gasteiger partial charge in [-0.15, -0.1) is 0 Å². The first-order valence-electron chi connectivity index (χ1n) is 9.50. The van der Waals surface area contributed by atoms with Gasteiger partial charge in [0.15, 0.2) is 6.10 Å². The molecule has 4 heterocycles. The van der Waals surface area contributed by atoms with Crippen LogP contribution in [0.25, 0.3) is 5.70 Å². The molecule has 2 aromatic carbocycles. The van der Waals surface area contributed by atoms with Gasteiger partial charge in [-0.05, 0) is 40.3 Å². The minimum Gasteiger partial charge on any atom is -0.480 e. The molecule has 0 saturated heterocycles. The van der Waals surface area contributed by atoms with Gasteiger partial charge in [-0.1, -0.05) is 41.5 Å². The summed E-state index contributed by atoms with van der Waals surface area (Å²) < 4.78 is 22.9. The average molecular weight is 398 g/mol. The Morgan fingerprint density at radius 1 is 1.00 bits per heavy atom. The first-order valence-corrected chi connectivity index (χ1v) is 9.50. The van der Waals surface area contributed by atoms with E-state index in [1.54, 1.807) is 35.3 Å². The number of pyridine rings is 1. The highest BCUT2D eigenvalue weighted by atomic mass is 19.1. The van der Waals surface area contributed by atoms with Crippen LogP contribution in [0.2, 0.25) is 0 Å². The lowest BCUT2D eigenvalue weighted by atomic mass is 9.85. The highest BCUT2D eigenvalue weighted by Gasteiger charge is 2.42. The number of aromatic nitrogens is 5. The number of rotatable bonds is 2. The number of nitrogens with one attached hydrogen (secondary N) is 1. The summed E-state index contributed by atoms with van der Waals surface area (Å²) in [6.07, 6.45) is 2.82. The number of ether oxygens (including phenoxy) is 1. The molecule has 0 aliphatic carbocycles. The molecule has 2 aliphatic rings. The molecule has 0 bridgehead atoms. The quantitative estimate of drug-likeness (QED) is 0.554. The molecule has 8 heteroatoms. The van der Waals surface area contributed by atoms with Gasteiger partial charge < -0.3 is 10.1 Å². The van der Waals surface area contributed by atoms with Crippen molar-refractivity contribution in [2.24, 2.45) is 0 Å². The molecule has 2 unspecified atom stereocenters. The third-order valence-corrected chi connectivity index (χ3v) is 5.43. The van der Waals surface area contributed by atoms with Gasteiger partial charge in [-0.25, -0.2) is 4.39 Å². The van der Waals surface area contributed by atoms with E-state index < -0.39 is 12.1 Å². The summed E-state index contributed by atoms with van der Waals surface area (Å²) in [5.41, 5.74) is 3.85. The van der Waals surface area contributed by atoms with E-state index in [1.807, 2.05) is 36.4 Å². The van der Waals surface area contributed by atoms with Crippen molar-refractivity contribution >= 4 is 11.6 Å². The van der Waals surface area contributed by atoms with Gasteiger partial charge in [-0.2, -0.15) is 4.68 Å². The number of hydrogen-bond acceptors (Lipinski definition) is 6. The second-order valence-corrected chi connectivity index (χ2v) is 7.11. The van der Waals surface area contributed by atoms with E-state index in [0.717, 1.165) is 22.4 Å². The number of fused-ring (bicyclic) bond motifs is 3. The Morgan fingerprint density at radius 3 is 2.73 bits per heavy atom. The third kappa shape index (κ3) is 2.43. The van der Waals surface area contributed by atoms with Crippen LogP contribution >= 0.6 is 0 Å². The molecule has 0 amide bonds. The molecule has 0 fully saturated rings. The fourth-order valence-corrected chi connectivity index (χ4v) is 4.14. The molecule has 0 spiro atoms. The van der Waals surface area contributed by atoms with E-state index in [0.29, 0.717) is 17.3 Å². The maximum atomic E-state index is 14.9. The van der Waals surface area contributed by atoms with Crippen molar-refractivity contribution in [3.63, 3.8) is 0 Å². The summed E-state index contributed by atoms with van der Waals surface area (Å²) in [6, 6.07) is 17.8. The van der Waals surface area contributed by atoms with Gasteiger partial charge in [0, 0.05) is 29.1 Å². The summed E-state index contributed by atoms with van der Waals surface area (Å²) in [5, 5.41) is 15.5. The average Bonchev–Trinajstić information content (AvgIpc) is 3.26. The van der Waals surface area contributed by atoms with Crippen LogP contribution in [0.1, 0.15) is 28.8 Å². The van der Waals surface area contributed by atoms with Gasteiger partial charge in [0.2, 0.25) is 5.95 Å². The number of hydrogen-bond donors (Lipinski definition) is 1. The molecule has 0 saturated carbocycles. The molecule has 2 aliphatic heterocycles. The molecule has 0 radical (unpaired) electrons. The summed E-state index contributed by atoms with van der Waals surface area (Å²) in [5.74, 6) is 0.843. The summed E-state index contributed by atoms with van der Waals surface area (Å²) in [4.78, 5) is 4.27. The first-order chi connectivity index (χ1) is 14.8. The third-order valence-electron chi connectivity index (χ3n) is 5.43. The Bertz CT molecular complexity index is 1290. The maximum Gasteiger partial charge on any atom is 0.248 e. The van der Waals surface area contributed by atoms with Crippen LogP contribution in [0, 0.1) is 5.82 Å². The van der Waals surface area contributed by atoms with Gasteiger partial charge in [-0.3, -0.25) is 4.98 Å². The standard InChI is InChI=1S/C22H15FN6O/c23-16-9-3-1-7-14(16)21-18-19(15-8-2-4-10-17(15)30-21)25-22-26-27-28-29(22)20(18)13-6-5-11-24-12-13/h1-12,20-21H,(H,25,26,28). The predicted octanol–water partition coefficient (Wildman–Crippen LogP) is 3.77. The Morgan fingerprint density at radius 2 is 1.87 bits per heavy atom. The maximum absolute atomic E-state index is 14.9. The Hall–Kier alpha value is -4.07. The number of benzene rings is 2. The lowest BCUT2D eigenvalue weighted by molar-refractivity contribution is 0.217. The SMILES string of the molecule is Fc1ccccc1C1Oc2ccccc2C2=C1C(c1cccnc1)n1nnnc1N2. The Balaban J connectivity index is 1.66. The van der Waals surface area contributed by atoms with Crippen molar-refractivity contribution < 1.29 is 9.13 Å². The van der Waals surface area contributed by atoms with E-state index in [-0.39, 0.29) is 5.82 Å². The molecule has 2 atom stereocenters. The van der Waals surface area contributed by atoms with E-state index in [9.17, 15) is 4.39 Å². The van der Waals surface area contributed by atoms with Crippen LogP contribution in [0.4, 0.5) is 10.3 Å². The highest BCUT2D eigenvalue weighted by molar-refractivity contribution is 5.85. The molecule has 7 nitrogen and oxygen atoms in total. The number of anilines is 1. The highest BCUT2D eigenvalue weighted by Crippen LogP contribution is 2.50. The summed E-state index contributed by atoms with van der Waals surface area (Å²) in [6.45, 7) is 0. The second-order valence-electron chi connectivity index (χ2n) is 7.11. The topological polar surface area (TPSA) is 77.8 Å². The monoisotopic (exact) mass is 398 g/mol. The lowest BCUT2D eigenvalue weighted by Crippen LogP contribution is -2.32. The van der Waals surface area contributed by atoms with E-state index in [4.69, 9.17) is 4.74 Å². The van der Waals surface area contributed by atoms with E-state index >= 15 is 0 Å². The second kappa shape index (κ2) is 6.48. The zero-order chi connectivity index (χ0) is 20.1. The fourth-order valence-electron chi connectivity index (χ4n) is 4.14. The first kappa shape index (κ1) is 16.8.